The van der Waals surface area contributed by atoms with E-state index in [-0.39, 0.29) is 12.0 Å². The third kappa shape index (κ3) is 18.6. The minimum Gasteiger partial charge on any atom is -0.508 e. The Morgan fingerprint density at radius 3 is 1.49 bits per heavy atom. The SMILES string of the molecule is CCCCCN(CCCCC)CCCOC(CCN(CCCCC)CCCCC)Oc1ccc(O)cc1. The van der Waals surface area contributed by atoms with Gasteiger partial charge in [0, 0.05) is 19.5 Å². The third-order valence-electron chi connectivity index (χ3n) is 7.02. The van der Waals surface area contributed by atoms with Crippen LogP contribution in [-0.2, 0) is 4.74 Å². The molecule has 0 aliphatic heterocycles. The number of benzene rings is 1. The lowest BCUT2D eigenvalue weighted by molar-refractivity contribution is -0.0897. The smallest absolute Gasteiger partial charge is 0.201 e. The van der Waals surface area contributed by atoms with Gasteiger partial charge in [-0.25, -0.2) is 0 Å². The van der Waals surface area contributed by atoms with E-state index in [0.29, 0.717) is 6.61 Å². The first-order valence-corrected chi connectivity index (χ1v) is 15.6. The fourth-order valence-electron chi connectivity index (χ4n) is 4.66. The van der Waals surface area contributed by atoms with Gasteiger partial charge in [0.25, 0.3) is 0 Å². The van der Waals surface area contributed by atoms with Crippen molar-refractivity contribution in [1.82, 2.24) is 9.80 Å². The van der Waals surface area contributed by atoms with Crippen LogP contribution in [0.15, 0.2) is 24.3 Å². The van der Waals surface area contributed by atoms with Crippen molar-refractivity contribution in [2.45, 2.75) is 124 Å². The number of phenolic OH excluding ortho intramolecular Hbond substituents is 1. The molecule has 37 heavy (non-hydrogen) atoms. The minimum atomic E-state index is -0.266. The monoisotopic (exact) mass is 520 g/mol. The van der Waals surface area contributed by atoms with Crippen LogP contribution in [0.4, 0.5) is 0 Å². The van der Waals surface area contributed by atoms with Gasteiger partial charge >= 0.3 is 0 Å². The van der Waals surface area contributed by atoms with E-state index >= 15 is 0 Å². The second kappa shape index (κ2) is 23.8. The summed E-state index contributed by atoms with van der Waals surface area (Å²) >= 11 is 0. The van der Waals surface area contributed by atoms with Crippen molar-refractivity contribution in [3.8, 4) is 11.5 Å². The molecule has 0 amide bonds. The Kier molecular flexibility index (Phi) is 21.7. The van der Waals surface area contributed by atoms with Gasteiger partial charge < -0.3 is 24.4 Å². The van der Waals surface area contributed by atoms with E-state index < -0.39 is 0 Å². The summed E-state index contributed by atoms with van der Waals surface area (Å²) in [7, 11) is 0. The second-order valence-corrected chi connectivity index (χ2v) is 10.6. The number of ether oxygens (including phenoxy) is 2. The van der Waals surface area contributed by atoms with Gasteiger partial charge in [-0.3, -0.25) is 0 Å². The molecule has 1 N–H and O–H groups in total. The molecule has 0 aliphatic rings. The summed E-state index contributed by atoms with van der Waals surface area (Å²) in [5.74, 6) is 1.01. The molecule has 1 unspecified atom stereocenters. The van der Waals surface area contributed by atoms with Gasteiger partial charge in [0.05, 0.1) is 6.61 Å². The molecule has 1 aromatic carbocycles. The predicted octanol–water partition coefficient (Wildman–Crippen LogP) is 8.26. The standard InChI is InChI=1S/C32H60N2O3/c1-5-9-13-23-33(24-14-10-6-2)27-17-29-36-32(37-31-20-18-30(35)19-21-31)22-28-34(25-15-11-7-3)26-16-12-8-4/h18-21,32,35H,5-17,22-29H2,1-4H3. The molecule has 0 heterocycles. The minimum absolute atomic E-state index is 0.258. The van der Waals surface area contributed by atoms with Crippen LogP contribution in [-0.4, -0.2) is 67.1 Å². The maximum Gasteiger partial charge on any atom is 0.201 e. The summed E-state index contributed by atoms with van der Waals surface area (Å²) in [5.41, 5.74) is 0. The summed E-state index contributed by atoms with van der Waals surface area (Å²) in [6, 6.07) is 7.02. The Balaban J connectivity index is 2.63. The van der Waals surface area contributed by atoms with Crippen molar-refractivity contribution < 1.29 is 14.6 Å². The lowest BCUT2D eigenvalue weighted by Gasteiger charge is -2.26. The first kappa shape index (κ1) is 33.7. The van der Waals surface area contributed by atoms with Crippen LogP contribution in [0.2, 0.25) is 0 Å². The molecule has 0 bridgehead atoms. The third-order valence-corrected chi connectivity index (χ3v) is 7.02. The number of nitrogens with zero attached hydrogens (tertiary/aromatic N) is 2. The normalized spacial score (nSPS) is 12.5. The van der Waals surface area contributed by atoms with E-state index in [2.05, 4.69) is 37.5 Å². The lowest BCUT2D eigenvalue weighted by Crippen LogP contribution is -2.33. The van der Waals surface area contributed by atoms with E-state index in [1.54, 1.807) is 12.1 Å². The number of hydrogen-bond donors (Lipinski definition) is 1. The Morgan fingerprint density at radius 1 is 0.595 bits per heavy atom. The molecule has 1 rings (SSSR count). The summed E-state index contributed by atoms with van der Waals surface area (Å²) in [6.07, 6.45) is 17.0. The van der Waals surface area contributed by atoms with Crippen LogP contribution < -0.4 is 4.74 Å². The fourth-order valence-corrected chi connectivity index (χ4v) is 4.66. The molecule has 5 heteroatoms. The van der Waals surface area contributed by atoms with E-state index in [4.69, 9.17) is 9.47 Å². The molecule has 0 fully saturated rings. The van der Waals surface area contributed by atoms with Crippen molar-refractivity contribution in [3.05, 3.63) is 24.3 Å². The molecule has 0 radical (unpaired) electrons. The molecule has 1 aromatic rings. The quantitative estimate of drug-likeness (QED) is 0.0984. The number of phenols is 1. The van der Waals surface area contributed by atoms with Gasteiger partial charge in [-0.1, -0.05) is 79.1 Å². The molecular weight excluding hydrogens is 460 g/mol. The highest BCUT2D eigenvalue weighted by atomic mass is 16.7. The molecule has 0 saturated heterocycles. The zero-order valence-corrected chi connectivity index (χ0v) is 24.9. The van der Waals surface area contributed by atoms with Crippen molar-refractivity contribution in [1.29, 1.82) is 0 Å². The lowest BCUT2D eigenvalue weighted by atomic mass is 10.2. The summed E-state index contributed by atoms with van der Waals surface area (Å²) in [4.78, 5) is 5.23. The van der Waals surface area contributed by atoms with Crippen LogP contribution in [0, 0.1) is 0 Å². The van der Waals surface area contributed by atoms with Crippen molar-refractivity contribution in [3.63, 3.8) is 0 Å². The molecule has 0 aromatic heterocycles. The average molecular weight is 521 g/mol. The van der Waals surface area contributed by atoms with E-state index in [1.165, 1.54) is 90.1 Å². The summed E-state index contributed by atoms with van der Waals surface area (Å²) in [5, 5.41) is 9.65. The van der Waals surface area contributed by atoms with Gasteiger partial charge in [0.2, 0.25) is 6.29 Å². The van der Waals surface area contributed by atoms with Gasteiger partial charge in [-0.05, 0) is 82.5 Å². The molecule has 0 spiro atoms. The Bertz CT molecular complexity index is 591. The molecule has 216 valence electrons. The van der Waals surface area contributed by atoms with E-state index in [1.807, 2.05) is 12.1 Å². The van der Waals surface area contributed by atoms with Crippen LogP contribution >= 0.6 is 0 Å². The number of hydrogen-bond acceptors (Lipinski definition) is 5. The van der Waals surface area contributed by atoms with Gasteiger partial charge in [0.1, 0.15) is 11.5 Å². The molecule has 0 aliphatic carbocycles. The first-order valence-electron chi connectivity index (χ1n) is 15.6. The van der Waals surface area contributed by atoms with E-state index in [0.717, 1.165) is 44.8 Å². The zero-order chi connectivity index (χ0) is 27.0. The largest absolute Gasteiger partial charge is 0.508 e. The zero-order valence-electron chi connectivity index (χ0n) is 24.9. The highest BCUT2D eigenvalue weighted by Gasteiger charge is 2.15. The molecule has 5 nitrogen and oxygen atoms in total. The molecular formula is C32H60N2O3. The Morgan fingerprint density at radius 2 is 1.03 bits per heavy atom. The van der Waals surface area contributed by atoms with Crippen molar-refractivity contribution >= 4 is 0 Å². The Labute approximate surface area is 229 Å². The average Bonchev–Trinajstić information content (AvgIpc) is 2.90. The first-order chi connectivity index (χ1) is 18.1. The fraction of sp³-hybridized carbons (Fsp3) is 0.812. The summed E-state index contributed by atoms with van der Waals surface area (Å²) < 4.78 is 12.6. The molecule has 0 saturated carbocycles. The van der Waals surface area contributed by atoms with Crippen LogP contribution in [0.3, 0.4) is 0 Å². The number of unbranched alkanes of at least 4 members (excludes halogenated alkanes) is 8. The van der Waals surface area contributed by atoms with Gasteiger partial charge in [0.15, 0.2) is 0 Å². The van der Waals surface area contributed by atoms with Gasteiger partial charge in [-0.15, -0.1) is 0 Å². The van der Waals surface area contributed by atoms with Gasteiger partial charge in [-0.2, -0.15) is 0 Å². The Hall–Kier alpha value is -1.30. The highest BCUT2D eigenvalue weighted by molar-refractivity contribution is 5.30. The molecule has 1 atom stereocenters. The summed E-state index contributed by atoms with van der Waals surface area (Å²) in [6.45, 7) is 16.6. The van der Waals surface area contributed by atoms with E-state index in [9.17, 15) is 5.11 Å². The van der Waals surface area contributed by atoms with Crippen molar-refractivity contribution in [2.24, 2.45) is 0 Å². The maximum atomic E-state index is 9.65. The van der Waals surface area contributed by atoms with Crippen molar-refractivity contribution in [2.75, 3.05) is 45.9 Å². The number of aromatic hydroxyl groups is 1. The highest BCUT2D eigenvalue weighted by Crippen LogP contribution is 2.19. The van der Waals surface area contributed by atoms with Crippen LogP contribution in [0.1, 0.15) is 118 Å². The topological polar surface area (TPSA) is 45.2 Å². The second-order valence-electron chi connectivity index (χ2n) is 10.6. The van der Waals surface area contributed by atoms with Crippen LogP contribution in [0.5, 0.6) is 11.5 Å². The maximum absolute atomic E-state index is 9.65. The predicted molar refractivity (Wildman–Crippen MR) is 159 cm³/mol. The van der Waals surface area contributed by atoms with Crippen LogP contribution in [0.25, 0.3) is 0 Å². The number of rotatable bonds is 26.